The first kappa shape index (κ1) is 17.8. The molecule has 28 heavy (non-hydrogen) atoms. The molecule has 1 aliphatic rings. The molecule has 0 atom stereocenters. The van der Waals surface area contributed by atoms with E-state index in [0.717, 1.165) is 0 Å². The van der Waals surface area contributed by atoms with Crippen LogP contribution in [0.2, 0.25) is 0 Å². The molecule has 0 spiro atoms. The van der Waals surface area contributed by atoms with Crippen molar-refractivity contribution in [2.75, 3.05) is 7.11 Å². The van der Waals surface area contributed by atoms with Gasteiger partial charge in [-0.15, -0.1) is 0 Å². The van der Waals surface area contributed by atoms with Crippen molar-refractivity contribution in [2.45, 2.75) is 19.4 Å². The minimum absolute atomic E-state index is 0.0622. The average molecular weight is 382 g/mol. The molecular weight excluding hydrogens is 364 g/mol. The van der Waals surface area contributed by atoms with E-state index in [1.54, 1.807) is 12.2 Å². The van der Waals surface area contributed by atoms with Crippen molar-refractivity contribution in [1.29, 1.82) is 0 Å². The first-order chi connectivity index (χ1) is 13.2. The summed E-state index contributed by atoms with van der Waals surface area (Å²) in [6.45, 7) is 3.71. The Morgan fingerprint density at radius 2 is 1.82 bits per heavy atom. The predicted octanol–water partition coefficient (Wildman–Crippen LogP) is 3.77. The van der Waals surface area contributed by atoms with Crippen molar-refractivity contribution in [2.24, 2.45) is 0 Å². The molecule has 0 saturated heterocycles. The minimum atomic E-state index is -0.776. The topological polar surface area (TPSA) is 109 Å². The van der Waals surface area contributed by atoms with E-state index in [4.69, 9.17) is 13.9 Å². The standard InChI is InChI=1S/C21H18O7/c1-21(2)7-6-11-13(28-21)9-15-16(17(11)23)18(24)19(25)20(27-15)10-4-5-12(22)14(8-10)26-3/h4-9,22-23,25H,1-3H3. The second kappa shape index (κ2) is 5.95. The molecule has 3 N–H and O–H groups in total. The van der Waals surface area contributed by atoms with Crippen LogP contribution in [0, 0.1) is 0 Å². The van der Waals surface area contributed by atoms with Crippen LogP contribution < -0.4 is 14.9 Å². The summed E-state index contributed by atoms with van der Waals surface area (Å²) in [4.78, 5) is 12.8. The maximum absolute atomic E-state index is 12.8. The highest BCUT2D eigenvalue weighted by atomic mass is 16.5. The largest absolute Gasteiger partial charge is 0.506 e. The monoisotopic (exact) mass is 382 g/mol. The van der Waals surface area contributed by atoms with Gasteiger partial charge in [-0.25, -0.2) is 0 Å². The van der Waals surface area contributed by atoms with Gasteiger partial charge < -0.3 is 29.2 Å². The lowest BCUT2D eigenvalue weighted by molar-refractivity contribution is 0.158. The molecule has 0 radical (unpaired) electrons. The van der Waals surface area contributed by atoms with E-state index in [1.807, 2.05) is 13.8 Å². The molecule has 2 heterocycles. The zero-order valence-corrected chi connectivity index (χ0v) is 15.4. The van der Waals surface area contributed by atoms with E-state index < -0.39 is 16.8 Å². The Balaban J connectivity index is 2.01. The van der Waals surface area contributed by atoms with Gasteiger partial charge in [-0.3, -0.25) is 4.79 Å². The summed E-state index contributed by atoms with van der Waals surface area (Å²) in [5.41, 5.74) is -0.631. The molecule has 0 unspecified atom stereocenters. The maximum Gasteiger partial charge on any atom is 0.238 e. The van der Waals surface area contributed by atoms with Crippen molar-refractivity contribution in [1.82, 2.24) is 0 Å². The number of rotatable bonds is 2. The summed E-state index contributed by atoms with van der Waals surface area (Å²) < 4.78 is 16.7. The maximum atomic E-state index is 12.8. The average Bonchev–Trinajstić information content (AvgIpc) is 2.64. The lowest BCUT2D eigenvalue weighted by Gasteiger charge is -2.28. The molecular formula is C21H18O7. The summed E-state index contributed by atoms with van der Waals surface area (Å²) in [5.74, 6) is -0.665. The summed E-state index contributed by atoms with van der Waals surface area (Å²) in [6.07, 6.45) is 3.43. The van der Waals surface area contributed by atoms with E-state index >= 15 is 0 Å². The second-order valence-electron chi connectivity index (χ2n) is 7.04. The fourth-order valence-corrected chi connectivity index (χ4v) is 3.18. The number of methoxy groups -OCH3 is 1. The lowest BCUT2D eigenvalue weighted by Crippen LogP contribution is -2.27. The van der Waals surface area contributed by atoms with Gasteiger partial charge >= 0.3 is 0 Å². The quantitative estimate of drug-likeness (QED) is 0.619. The van der Waals surface area contributed by atoms with Gasteiger partial charge in [0.05, 0.1) is 12.7 Å². The third-order valence-corrected chi connectivity index (χ3v) is 4.60. The van der Waals surface area contributed by atoms with Crippen LogP contribution in [0.15, 0.2) is 39.6 Å². The first-order valence-corrected chi connectivity index (χ1v) is 8.53. The molecule has 4 rings (SSSR count). The smallest absolute Gasteiger partial charge is 0.238 e. The van der Waals surface area contributed by atoms with Crippen molar-refractivity contribution in [3.8, 4) is 40.1 Å². The molecule has 7 heteroatoms. The Labute approximate surface area is 159 Å². The number of fused-ring (bicyclic) bond motifs is 2. The molecule has 3 aromatic rings. The number of hydrogen-bond acceptors (Lipinski definition) is 7. The number of phenolic OH excluding ortho intramolecular Hbond substituents is 2. The summed E-state index contributed by atoms with van der Waals surface area (Å²) in [5, 5.41) is 30.6. The highest BCUT2D eigenvalue weighted by molar-refractivity contribution is 5.93. The van der Waals surface area contributed by atoms with Crippen LogP contribution in [0.3, 0.4) is 0 Å². The van der Waals surface area contributed by atoms with E-state index in [-0.39, 0.29) is 34.0 Å². The highest BCUT2D eigenvalue weighted by Gasteiger charge is 2.27. The van der Waals surface area contributed by atoms with Gasteiger partial charge in [-0.2, -0.15) is 0 Å². The van der Waals surface area contributed by atoms with Crippen LogP contribution in [0.4, 0.5) is 0 Å². The third kappa shape index (κ3) is 2.63. The SMILES string of the molecule is COc1cc(-c2oc3cc4c(c(O)c3c(=O)c2O)C=CC(C)(C)O4)ccc1O. The molecule has 2 aromatic carbocycles. The van der Waals surface area contributed by atoms with Crippen LogP contribution >= 0.6 is 0 Å². The number of phenols is 2. The van der Waals surface area contributed by atoms with Gasteiger partial charge in [-0.1, -0.05) is 0 Å². The van der Waals surface area contributed by atoms with Gasteiger partial charge in [0, 0.05) is 11.6 Å². The van der Waals surface area contributed by atoms with E-state index in [9.17, 15) is 20.1 Å². The van der Waals surface area contributed by atoms with E-state index in [1.165, 1.54) is 31.4 Å². The summed E-state index contributed by atoms with van der Waals surface area (Å²) >= 11 is 0. The van der Waals surface area contributed by atoms with Crippen molar-refractivity contribution in [3.63, 3.8) is 0 Å². The van der Waals surface area contributed by atoms with Crippen molar-refractivity contribution >= 4 is 17.0 Å². The first-order valence-electron chi connectivity index (χ1n) is 8.53. The second-order valence-corrected chi connectivity index (χ2v) is 7.04. The molecule has 0 fully saturated rings. The van der Waals surface area contributed by atoms with E-state index in [2.05, 4.69) is 0 Å². The Morgan fingerprint density at radius 3 is 2.54 bits per heavy atom. The fourth-order valence-electron chi connectivity index (χ4n) is 3.18. The van der Waals surface area contributed by atoms with Crippen LogP contribution in [0.25, 0.3) is 28.4 Å². The third-order valence-electron chi connectivity index (χ3n) is 4.60. The zero-order chi connectivity index (χ0) is 20.2. The van der Waals surface area contributed by atoms with Crippen LogP contribution in [0.5, 0.6) is 28.7 Å². The Bertz CT molecular complexity index is 1200. The Kier molecular flexibility index (Phi) is 3.78. The molecule has 1 aromatic heterocycles. The molecule has 0 saturated carbocycles. The van der Waals surface area contributed by atoms with E-state index in [0.29, 0.717) is 16.9 Å². The summed E-state index contributed by atoms with van der Waals surface area (Å²) in [6, 6.07) is 5.78. The molecule has 0 bridgehead atoms. The Morgan fingerprint density at radius 1 is 1.07 bits per heavy atom. The van der Waals surface area contributed by atoms with Gasteiger partial charge in [0.15, 0.2) is 17.3 Å². The van der Waals surface area contributed by atoms with Crippen LogP contribution in [-0.4, -0.2) is 28.0 Å². The molecule has 0 amide bonds. The van der Waals surface area contributed by atoms with Crippen molar-refractivity contribution < 1.29 is 29.2 Å². The minimum Gasteiger partial charge on any atom is -0.506 e. The van der Waals surface area contributed by atoms with Gasteiger partial charge in [0.2, 0.25) is 11.2 Å². The number of aromatic hydroxyl groups is 3. The molecule has 1 aliphatic heterocycles. The van der Waals surface area contributed by atoms with Gasteiger partial charge in [-0.05, 0) is 44.2 Å². The number of hydrogen-bond donors (Lipinski definition) is 3. The summed E-state index contributed by atoms with van der Waals surface area (Å²) in [7, 11) is 1.38. The number of ether oxygens (including phenoxy) is 2. The number of benzene rings is 2. The van der Waals surface area contributed by atoms with Gasteiger partial charge in [0.25, 0.3) is 0 Å². The fraction of sp³-hybridized carbons (Fsp3) is 0.190. The zero-order valence-electron chi connectivity index (χ0n) is 15.4. The molecule has 0 aliphatic carbocycles. The molecule has 7 nitrogen and oxygen atoms in total. The van der Waals surface area contributed by atoms with Crippen LogP contribution in [0.1, 0.15) is 19.4 Å². The lowest BCUT2D eigenvalue weighted by atomic mass is 9.99. The highest BCUT2D eigenvalue weighted by Crippen LogP contribution is 2.43. The normalized spacial score (nSPS) is 14.5. The Hall–Kier alpha value is -3.61. The van der Waals surface area contributed by atoms with Gasteiger partial charge in [0.1, 0.15) is 28.1 Å². The van der Waals surface area contributed by atoms with Crippen molar-refractivity contribution in [3.05, 3.63) is 46.1 Å². The predicted molar refractivity (Wildman–Crippen MR) is 103 cm³/mol. The van der Waals surface area contributed by atoms with Crippen LogP contribution in [-0.2, 0) is 0 Å². The molecule has 144 valence electrons.